The van der Waals surface area contributed by atoms with Gasteiger partial charge in [-0.2, -0.15) is 0 Å². The lowest BCUT2D eigenvalue weighted by Gasteiger charge is -2.11. The lowest BCUT2D eigenvalue weighted by molar-refractivity contribution is 0.621. The number of benzene rings is 1. The number of aromatic nitrogens is 2. The molecule has 1 aromatic heterocycles. The van der Waals surface area contributed by atoms with E-state index in [2.05, 4.69) is 31.2 Å². The lowest BCUT2D eigenvalue weighted by atomic mass is 10.1. The molecule has 0 aliphatic carbocycles. The first kappa shape index (κ1) is 16.0. The molecule has 0 radical (unpaired) electrons. The molecular weight excluding hydrogens is 333 g/mol. The minimum absolute atomic E-state index is 0.282. The van der Waals surface area contributed by atoms with Gasteiger partial charge in [0, 0.05) is 17.0 Å². The largest absolute Gasteiger partial charge is 0.320 e. The van der Waals surface area contributed by atoms with Gasteiger partial charge < -0.3 is 5.32 Å². The zero-order chi connectivity index (χ0) is 15.4. The Labute approximate surface area is 133 Å². The first-order chi connectivity index (χ1) is 10.0. The number of rotatable bonds is 5. The van der Waals surface area contributed by atoms with E-state index in [1.807, 2.05) is 20.9 Å². The van der Waals surface area contributed by atoms with E-state index in [-0.39, 0.29) is 5.82 Å². The molecule has 0 amide bonds. The second-order valence-corrected chi connectivity index (χ2v) is 5.89. The van der Waals surface area contributed by atoms with E-state index in [0.29, 0.717) is 10.3 Å². The van der Waals surface area contributed by atoms with Gasteiger partial charge in [-0.3, -0.25) is 0 Å². The number of aryl methyl sites for hydroxylation is 2. The Kier molecular flexibility index (Phi) is 5.42. The van der Waals surface area contributed by atoms with E-state index in [0.717, 1.165) is 36.3 Å². The van der Waals surface area contributed by atoms with Gasteiger partial charge in [-0.15, -0.1) is 0 Å². The van der Waals surface area contributed by atoms with E-state index in [4.69, 9.17) is 0 Å². The highest BCUT2D eigenvalue weighted by Crippen LogP contribution is 2.24. The van der Waals surface area contributed by atoms with Gasteiger partial charge in [0.2, 0.25) is 0 Å². The average Bonchev–Trinajstić information content (AvgIpc) is 2.44. The van der Waals surface area contributed by atoms with Crippen molar-refractivity contribution in [2.24, 2.45) is 0 Å². The Bertz CT molecular complexity index is 620. The Morgan fingerprint density at radius 1 is 1.19 bits per heavy atom. The van der Waals surface area contributed by atoms with E-state index in [1.54, 1.807) is 12.1 Å². The molecule has 3 nitrogen and oxygen atoms in total. The molecule has 0 saturated carbocycles. The van der Waals surface area contributed by atoms with Crippen molar-refractivity contribution in [3.63, 3.8) is 0 Å². The highest BCUT2D eigenvalue weighted by Gasteiger charge is 2.11. The Morgan fingerprint density at radius 2 is 1.86 bits per heavy atom. The molecular formula is C16H19BrFN3. The first-order valence-corrected chi connectivity index (χ1v) is 7.76. The van der Waals surface area contributed by atoms with Gasteiger partial charge >= 0.3 is 0 Å². The number of nitrogens with zero attached hydrogens (tertiary/aromatic N) is 2. The third-order valence-electron chi connectivity index (χ3n) is 3.45. The van der Waals surface area contributed by atoms with Gasteiger partial charge in [-0.05, 0) is 80.0 Å². The standard InChI is InChI=1S/C16H19BrFN3/c1-10-13(5-4-8-19-3)11(2)21-16(20-10)12-6-7-15(18)14(17)9-12/h6-7,9,19H,4-5,8H2,1-3H3. The Morgan fingerprint density at radius 3 is 2.43 bits per heavy atom. The molecule has 0 spiro atoms. The molecule has 2 aromatic rings. The van der Waals surface area contributed by atoms with Gasteiger partial charge in [0.1, 0.15) is 5.82 Å². The van der Waals surface area contributed by atoms with E-state index in [1.165, 1.54) is 11.6 Å². The fraction of sp³-hybridized carbons (Fsp3) is 0.375. The predicted molar refractivity (Wildman–Crippen MR) is 86.8 cm³/mol. The first-order valence-electron chi connectivity index (χ1n) is 6.97. The summed E-state index contributed by atoms with van der Waals surface area (Å²) in [5.41, 5.74) is 4.01. The minimum atomic E-state index is -0.282. The third-order valence-corrected chi connectivity index (χ3v) is 4.06. The van der Waals surface area contributed by atoms with Gasteiger partial charge in [0.15, 0.2) is 5.82 Å². The fourth-order valence-electron chi connectivity index (χ4n) is 2.31. The molecule has 0 atom stereocenters. The maximum Gasteiger partial charge on any atom is 0.159 e. The van der Waals surface area contributed by atoms with Crippen LogP contribution in [-0.4, -0.2) is 23.6 Å². The zero-order valence-corrected chi connectivity index (χ0v) is 14.1. The van der Waals surface area contributed by atoms with Crippen LogP contribution < -0.4 is 5.32 Å². The van der Waals surface area contributed by atoms with Crippen LogP contribution in [0.25, 0.3) is 11.4 Å². The van der Waals surface area contributed by atoms with Crippen molar-refractivity contribution in [1.29, 1.82) is 0 Å². The Hall–Kier alpha value is -1.33. The summed E-state index contributed by atoms with van der Waals surface area (Å²) in [6.45, 7) is 4.99. The van der Waals surface area contributed by atoms with Crippen molar-refractivity contribution in [2.75, 3.05) is 13.6 Å². The van der Waals surface area contributed by atoms with Crippen LogP contribution >= 0.6 is 15.9 Å². The normalized spacial score (nSPS) is 10.9. The van der Waals surface area contributed by atoms with Crippen LogP contribution in [0.4, 0.5) is 4.39 Å². The van der Waals surface area contributed by atoms with Crippen molar-refractivity contribution in [3.8, 4) is 11.4 Å². The molecule has 112 valence electrons. The van der Waals surface area contributed by atoms with Crippen LogP contribution in [-0.2, 0) is 6.42 Å². The zero-order valence-electron chi connectivity index (χ0n) is 12.5. The summed E-state index contributed by atoms with van der Waals surface area (Å²) in [5, 5.41) is 3.14. The summed E-state index contributed by atoms with van der Waals surface area (Å²) < 4.78 is 13.7. The molecule has 5 heteroatoms. The van der Waals surface area contributed by atoms with E-state index >= 15 is 0 Å². The predicted octanol–water partition coefficient (Wildman–Crippen LogP) is 3.81. The molecule has 2 rings (SSSR count). The molecule has 0 saturated heterocycles. The highest BCUT2D eigenvalue weighted by molar-refractivity contribution is 9.10. The van der Waals surface area contributed by atoms with Crippen LogP contribution in [0.3, 0.4) is 0 Å². The van der Waals surface area contributed by atoms with Crippen molar-refractivity contribution >= 4 is 15.9 Å². The monoisotopic (exact) mass is 351 g/mol. The second-order valence-electron chi connectivity index (χ2n) is 5.03. The van der Waals surface area contributed by atoms with Crippen LogP contribution in [0.5, 0.6) is 0 Å². The fourth-order valence-corrected chi connectivity index (χ4v) is 2.69. The lowest BCUT2D eigenvalue weighted by Crippen LogP contribution is -2.10. The molecule has 0 unspecified atom stereocenters. The van der Waals surface area contributed by atoms with Crippen LogP contribution in [0.15, 0.2) is 22.7 Å². The average molecular weight is 352 g/mol. The van der Waals surface area contributed by atoms with Gasteiger partial charge in [-0.25, -0.2) is 14.4 Å². The van der Waals surface area contributed by atoms with Crippen LogP contribution in [0.1, 0.15) is 23.4 Å². The molecule has 0 aliphatic rings. The summed E-state index contributed by atoms with van der Waals surface area (Å²) in [5.74, 6) is 0.360. The van der Waals surface area contributed by atoms with Gasteiger partial charge in [-0.1, -0.05) is 0 Å². The third kappa shape index (κ3) is 3.86. The molecule has 1 heterocycles. The highest BCUT2D eigenvalue weighted by atomic mass is 79.9. The minimum Gasteiger partial charge on any atom is -0.320 e. The number of hydrogen-bond donors (Lipinski definition) is 1. The topological polar surface area (TPSA) is 37.8 Å². The van der Waals surface area contributed by atoms with Crippen molar-refractivity contribution in [3.05, 3.63) is 45.4 Å². The summed E-state index contributed by atoms with van der Waals surface area (Å²) in [6, 6.07) is 4.84. The molecule has 0 bridgehead atoms. The molecule has 21 heavy (non-hydrogen) atoms. The van der Waals surface area contributed by atoms with Gasteiger partial charge in [0.05, 0.1) is 4.47 Å². The molecule has 1 aromatic carbocycles. The number of hydrogen-bond acceptors (Lipinski definition) is 3. The number of halogens is 2. The second kappa shape index (κ2) is 7.09. The van der Waals surface area contributed by atoms with Crippen molar-refractivity contribution in [2.45, 2.75) is 26.7 Å². The quantitative estimate of drug-likeness (QED) is 0.832. The Balaban J connectivity index is 2.32. The van der Waals surface area contributed by atoms with Crippen molar-refractivity contribution < 1.29 is 4.39 Å². The number of nitrogens with one attached hydrogen (secondary N) is 1. The van der Waals surface area contributed by atoms with Crippen molar-refractivity contribution in [1.82, 2.24) is 15.3 Å². The molecule has 0 aliphatic heterocycles. The summed E-state index contributed by atoms with van der Waals surface area (Å²) in [6.07, 6.45) is 2.02. The summed E-state index contributed by atoms with van der Waals surface area (Å²) in [7, 11) is 1.95. The van der Waals surface area contributed by atoms with Gasteiger partial charge in [0.25, 0.3) is 0 Å². The summed E-state index contributed by atoms with van der Waals surface area (Å²) >= 11 is 3.20. The molecule has 0 fully saturated rings. The van der Waals surface area contributed by atoms with E-state index in [9.17, 15) is 4.39 Å². The maximum atomic E-state index is 13.3. The SMILES string of the molecule is CNCCCc1c(C)nc(-c2ccc(F)c(Br)c2)nc1C. The smallest absolute Gasteiger partial charge is 0.159 e. The summed E-state index contributed by atoms with van der Waals surface area (Å²) in [4.78, 5) is 9.16. The van der Waals surface area contributed by atoms with Crippen LogP contribution in [0.2, 0.25) is 0 Å². The van der Waals surface area contributed by atoms with E-state index < -0.39 is 0 Å². The molecule has 1 N–H and O–H groups in total. The van der Waals surface area contributed by atoms with Crippen LogP contribution in [0, 0.1) is 19.7 Å². The maximum absolute atomic E-state index is 13.3.